The molecule has 1 aromatic carbocycles. The van der Waals surface area contributed by atoms with Crippen LogP contribution in [0.25, 0.3) is 0 Å². The summed E-state index contributed by atoms with van der Waals surface area (Å²) in [6, 6.07) is 5.52. The highest BCUT2D eigenvalue weighted by Gasteiger charge is 2.11. The monoisotopic (exact) mass is 249 g/mol. The van der Waals surface area contributed by atoms with Gasteiger partial charge in [0.1, 0.15) is 0 Å². The molecule has 0 fully saturated rings. The van der Waals surface area contributed by atoms with Crippen LogP contribution in [0.15, 0.2) is 18.2 Å². The molecule has 0 aliphatic carbocycles. The van der Waals surface area contributed by atoms with Gasteiger partial charge in [-0.3, -0.25) is 4.79 Å². The number of anilines is 1. The van der Waals surface area contributed by atoms with Crippen molar-refractivity contribution in [1.29, 1.82) is 0 Å². The number of nitrogens with two attached hydrogens (primary N) is 1. The number of carbonyl (C=O) groups is 1. The molecule has 0 atom stereocenters. The number of nitrogen functional groups attached to an aromatic ring is 1. The molecule has 0 aromatic heterocycles. The molecule has 0 unspecified atom stereocenters. The fourth-order valence-corrected chi connectivity index (χ4v) is 1.84. The van der Waals surface area contributed by atoms with Gasteiger partial charge < -0.3 is 16.0 Å². The maximum Gasteiger partial charge on any atom is 0.253 e. The smallest absolute Gasteiger partial charge is 0.253 e. The molecule has 1 rings (SSSR count). The van der Waals surface area contributed by atoms with E-state index < -0.39 is 0 Å². The minimum absolute atomic E-state index is 0.0737. The number of carbonyl (C=O) groups excluding carboxylic acids is 1. The third-order valence-corrected chi connectivity index (χ3v) is 2.85. The van der Waals surface area contributed by atoms with Gasteiger partial charge in [0.05, 0.1) is 5.56 Å². The first-order valence-electron chi connectivity index (χ1n) is 6.30. The van der Waals surface area contributed by atoms with Crippen LogP contribution >= 0.6 is 0 Å². The quantitative estimate of drug-likeness (QED) is 0.595. The van der Waals surface area contributed by atoms with E-state index in [1.54, 1.807) is 6.07 Å². The number of aryl methyl sites for hydroxylation is 1. The van der Waals surface area contributed by atoms with Crippen molar-refractivity contribution in [1.82, 2.24) is 10.2 Å². The number of rotatable bonds is 6. The summed E-state index contributed by atoms with van der Waals surface area (Å²) in [5.74, 6) is -0.0737. The van der Waals surface area contributed by atoms with Crippen molar-refractivity contribution in [2.75, 3.05) is 32.9 Å². The van der Waals surface area contributed by atoms with Crippen molar-refractivity contribution in [3.63, 3.8) is 0 Å². The molecule has 0 spiro atoms. The SMILES string of the molecule is Cc1cccc(N)c1C(=O)NCCCCN(C)C. The van der Waals surface area contributed by atoms with Crippen LogP contribution in [0.5, 0.6) is 0 Å². The lowest BCUT2D eigenvalue weighted by molar-refractivity contribution is 0.0953. The summed E-state index contributed by atoms with van der Waals surface area (Å²) in [6.07, 6.45) is 2.06. The van der Waals surface area contributed by atoms with Crippen molar-refractivity contribution in [3.8, 4) is 0 Å². The van der Waals surface area contributed by atoms with Crippen LogP contribution in [0, 0.1) is 6.92 Å². The van der Waals surface area contributed by atoms with E-state index in [9.17, 15) is 4.79 Å². The van der Waals surface area contributed by atoms with Crippen molar-refractivity contribution in [2.45, 2.75) is 19.8 Å². The predicted molar refractivity (Wildman–Crippen MR) is 75.7 cm³/mol. The van der Waals surface area contributed by atoms with Crippen LogP contribution in [0.2, 0.25) is 0 Å². The molecular formula is C14H23N3O. The molecule has 3 N–H and O–H groups in total. The second-order valence-corrected chi connectivity index (χ2v) is 4.81. The van der Waals surface area contributed by atoms with Crippen molar-refractivity contribution in [2.24, 2.45) is 0 Å². The van der Waals surface area contributed by atoms with Crippen molar-refractivity contribution in [3.05, 3.63) is 29.3 Å². The lowest BCUT2D eigenvalue weighted by Gasteiger charge is -2.11. The van der Waals surface area contributed by atoms with E-state index in [1.807, 2.05) is 33.2 Å². The molecule has 4 nitrogen and oxygen atoms in total. The highest BCUT2D eigenvalue weighted by Crippen LogP contribution is 2.15. The first-order chi connectivity index (χ1) is 8.52. The Morgan fingerprint density at radius 2 is 2.06 bits per heavy atom. The molecule has 0 saturated carbocycles. The minimum Gasteiger partial charge on any atom is -0.398 e. The molecule has 4 heteroatoms. The number of nitrogens with zero attached hydrogens (tertiary/aromatic N) is 1. The molecule has 100 valence electrons. The van der Waals surface area contributed by atoms with E-state index >= 15 is 0 Å². The fourth-order valence-electron chi connectivity index (χ4n) is 1.84. The Bertz CT molecular complexity index is 382. The Balaban J connectivity index is 2.41. The molecule has 0 radical (unpaired) electrons. The van der Waals surface area contributed by atoms with E-state index in [0.29, 0.717) is 17.8 Å². The first kappa shape index (κ1) is 14.5. The maximum atomic E-state index is 12.0. The molecule has 0 saturated heterocycles. The summed E-state index contributed by atoms with van der Waals surface area (Å²) in [5, 5.41) is 2.92. The van der Waals surface area contributed by atoms with Crippen molar-refractivity contribution >= 4 is 11.6 Å². The summed E-state index contributed by atoms with van der Waals surface area (Å²) >= 11 is 0. The normalized spacial score (nSPS) is 10.7. The van der Waals surface area contributed by atoms with Gasteiger partial charge in [0.15, 0.2) is 0 Å². The zero-order valence-corrected chi connectivity index (χ0v) is 11.5. The maximum absolute atomic E-state index is 12.0. The Labute approximate surface area is 109 Å². The van der Waals surface area contributed by atoms with Gasteiger partial charge >= 0.3 is 0 Å². The van der Waals surface area contributed by atoms with Crippen LogP contribution in [-0.4, -0.2) is 38.0 Å². The Morgan fingerprint density at radius 1 is 1.33 bits per heavy atom. The van der Waals surface area contributed by atoms with Gasteiger partial charge in [-0.25, -0.2) is 0 Å². The standard InChI is InChI=1S/C14H23N3O/c1-11-7-6-8-12(15)13(11)14(18)16-9-4-5-10-17(2)3/h6-8H,4-5,9-10,15H2,1-3H3,(H,16,18). The third kappa shape index (κ3) is 4.37. The Kier molecular flexibility index (Phi) is 5.65. The summed E-state index contributed by atoms with van der Waals surface area (Å²) in [5.41, 5.74) is 7.89. The summed E-state index contributed by atoms with van der Waals surface area (Å²) < 4.78 is 0. The van der Waals surface area contributed by atoms with Gasteiger partial charge in [-0.05, 0) is 52.0 Å². The summed E-state index contributed by atoms with van der Waals surface area (Å²) in [6.45, 7) is 3.64. The molecular weight excluding hydrogens is 226 g/mol. The Hall–Kier alpha value is -1.55. The van der Waals surface area contributed by atoms with Crippen LogP contribution in [-0.2, 0) is 0 Å². The zero-order chi connectivity index (χ0) is 13.5. The molecule has 0 heterocycles. The number of amides is 1. The highest BCUT2D eigenvalue weighted by molar-refractivity contribution is 6.00. The van der Waals surface area contributed by atoms with Crippen LogP contribution < -0.4 is 11.1 Å². The van der Waals surface area contributed by atoms with E-state index in [4.69, 9.17) is 5.73 Å². The molecule has 0 aliphatic rings. The van der Waals surface area contributed by atoms with Gasteiger partial charge in [0.2, 0.25) is 0 Å². The van der Waals surface area contributed by atoms with E-state index in [0.717, 1.165) is 24.9 Å². The molecule has 0 bridgehead atoms. The third-order valence-electron chi connectivity index (χ3n) is 2.85. The van der Waals surface area contributed by atoms with Gasteiger partial charge in [-0.15, -0.1) is 0 Å². The molecule has 1 aromatic rings. The summed E-state index contributed by atoms with van der Waals surface area (Å²) in [7, 11) is 4.10. The molecule has 1 amide bonds. The topological polar surface area (TPSA) is 58.4 Å². The largest absolute Gasteiger partial charge is 0.398 e. The van der Waals surface area contributed by atoms with Crippen LogP contribution in [0.4, 0.5) is 5.69 Å². The lowest BCUT2D eigenvalue weighted by atomic mass is 10.1. The second-order valence-electron chi connectivity index (χ2n) is 4.81. The van der Waals surface area contributed by atoms with E-state index in [1.165, 1.54) is 0 Å². The van der Waals surface area contributed by atoms with Crippen LogP contribution in [0.1, 0.15) is 28.8 Å². The van der Waals surface area contributed by atoms with Gasteiger partial charge in [-0.1, -0.05) is 12.1 Å². The first-order valence-corrected chi connectivity index (χ1v) is 6.30. The zero-order valence-electron chi connectivity index (χ0n) is 11.5. The predicted octanol–water partition coefficient (Wildman–Crippen LogP) is 1.65. The van der Waals surface area contributed by atoms with Crippen molar-refractivity contribution < 1.29 is 4.79 Å². The minimum atomic E-state index is -0.0737. The summed E-state index contributed by atoms with van der Waals surface area (Å²) in [4.78, 5) is 14.1. The average Bonchev–Trinajstić information content (AvgIpc) is 2.27. The fraction of sp³-hybridized carbons (Fsp3) is 0.500. The van der Waals surface area contributed by atoms with Gasteiger partial charge in [-0.2, -0.15) is 0 Å². The van der Waals surface area contributed by atoms with E-state index in [2.05, 4.69) is 10.2 Å². The molecule has 0 aliphatic heterocycles. The number of hydrogen-bond acceptors (Lipinski definition) is 3. The molecule has 18 heavy (non-hydrogen) atoms. The van der Waals surface area contributed by atoms with Crippen LogP contribution in [0.3, 0.4) is 0 Å². The highest BCUT2D eigenvalue weighted by atomic mass is 16.1. The lowest BCUT2D eigenvalue weighted by Crippen LogP contribution is -2.26. The second kappa shape index (κ2) is 7.01. The number of unbranched alkanes of at least 4 members (excludes halogenated alkanes) is 1. The number of benzene rings is 1. The number of hydrogen-bond donors (Lipinski definition) is 2. The van der Waals surface area contributed by atoms with Gasteiger partial charge in [0, 0.05) is 12.2 Å². The average molecular weight is 249 g/mol. The number of nitrogens with one attached hydrogen (secondary N) is 1. The Morgan fingerprint density at radius 3 is 2.67 bits per heavy atom. The van der Waals surface area contributed by atoms with E-state index in [-0.39, 0.29) is 5.91 Å². The van der Waals surface area contributed by atoms with Gasteiger partial charge in [0.25, 0.3) is 5.91 Å².